The van der Waals surface area contributed by atoms with Crippen molar-refractivity contribution in [2.75, 3.05) is 11.9 Å². The van der Waals surface area contributed by atoms with Gasteiger partial charge in [0.05, 0.1) is 11.6 Å². The summed E-state index contributed by atoms with van der Waals surface area (Å²) in [4.78, 5) is 35.2. The number of amides is 2. The summed E-state index contributed by atoms with van der Waals surface area (Å²) in [5.41, 5.74) is 1.71. The lowest BCUT2D eigenvalue weighted by atomic mass is 10.1. The number of rotatable bonds is 4. The standard InChI is InChI=1S/C18H20N4O2S/c23-16-8-13(10-22(16)14-5-1-2-6-14)17(24)21-18-20-15(11-25-18)12-4-3-7-19-9-12/h3-4,7,9,11,13-14H,1-2,5-6,8,10H2,(H,20,21,24). The van der Waals surface area contributed by atoms with E-state index in [9.17, 15) is 9.59 Å². The van der Waals surface area contributed by atoms with E-state index in [1.807, 2.05) is 22.4 Å². The van der Waals surface area contributed by atoms with Crippen LogP contribution in [0.5, 0.6) is 0 Å². The molecule has 130 valence electrons. The van der Waals surface area contributed by atoms with E-state index in [1.165, 1.54) is 24.2 Å². The van der Waals surface area contributed by atoms with Gasteiger partial charge in [0.15, 0.2) is 5.13 Å². The number of pyridine rings is 1. The highest BCUT2D eigenvalue weighted by atomic mass is 32.1. The number of anilines is 1. The lowest BCUT2D eigenvalue weighted by Gasteiger charge is -2.23. The number of likely N-dealkylation sites (tertiary alicyclic amines) is 1. The zero-order valence-corrected chi connectivity index (χ0v) is 14.7. The molecule has 2 aliphatic rings. The van der Waals surface area contributed by atoms with E-state index in [4.69, 9.17) is 0 Å². The SMILES string of the molecule is O=C(Nc1nc(-c2cccnc2)cs1)C1CC(=O)N(C2CCCC2)C1. The minimum absolute atomic E-state index is 0.110. The molecule has 0 bridgehead atoms. The number of nitrogens with one attached hydrogen (secondary N) is 1. The van der Waals surface area contributed by atoms with Crippen LogP contribution in [-0.2, 0) is 9.59 Å². The van der Waals surface area contributed by atoms with E-state index in [0.717, 1.165) is 24.1 Å². The summed E-state index contributed by atoms with van der Waals surface area (Å²) < 4.78 is 0. The molecule has 1 atom stereocenters. The van der Waals surface area contributed by atoms with E-state index in [2.05, 4.69) is 15.3 Å². The second kappa shape index (κ2) is 6.92. The first-order chi connectivity index (χ1) is 12.2. The van der Waals surface area contributed by atoms with Crippen molar-refractivity contribution >= 4 is 28.3 Å². The molecule has 1 aliphatic carbocycles. The van der Waals surface area contributed by atoms with Crippen molar-refractivity contribution < 1.29 is 9.59 Å². The minimum Gasteiger partial charge on any atom is -0.339 e. The van der Waals surface area contributed by atoms with Crippen LogP contribution in [0.4, 0.5) is 5.13 Å². The number of aromatic nitrogens is 2. The van der Waals surface area contributed by atoms with Crippen molar-refractivity contribution in [1.29, 1.82) is 0 Å². The molecule has 1 saturated carbocycles. The van der Waals surface area contributed by atoms with Crippen molar-refractivity contribution in [3.63, 3.8) is 0 Å². The van der Waals surface area contributed by atoms with Gasteiger partial charge in [0.1, 0.15) is 0 Å². The molecular weight excluding hydrogens is 336 g/mol. The number of nitrogens with zero attached hydrogens (tertiary/aromatic N) is 3. The molecule has 1 aliphatic heterocycles. The molecule has 0 aromatic carbocycles. The lowest BCUT2D eigenvalue weighted by Crippen LogP contribution is -2.35. The Hall–Kier alpha value is -2.28. The summed E-state index contributed by atoms with van der Waals surface area (Å²) in [6, 6.07) is 4.12. The van der Waals surface area contributed by atoms with Crippen molar-refractivity contribution in [3.8, 4) is 11.3 Å². The Labute approximate surface area is 150 Å². The highest BCUT2D eigenvalue weighted by Gasteiger charge is 2.38. The van der Waals surface area contributed by atoms with Crippen LogP contribution in [-0.4, -0.2) is 39.3 Å². The van der Waals surface area contributed by atoms with Gasteiger partial charge in [-0.3, -0.25) is 14.6 Å². The molecule has 3 heterocycles. The second-order valence-corrected chi connectivity index (χ2v) is 7.51. The molecule has 25 heavy (non-hydrogen) atoms. The Balaban J connectivity index is 1.39. The number of carbonyl (C=O) groups is 2. The minimum atomic E-state index is -0.279. The first-order valence-electron chi connectivity index (χ1n) is 8.67. The molecular formula is C18H20N4O2S. The molecule has 1 unspecified atom stereocenters. The average Bonchev–Trinajstić information content (AvgIpc) is 3.35. The molecule has 2 fully saturated rings. The van der Waals surface area contributed by atoms with Gasteiger partial charge in [-0.15, -0.1) is 11.3 Å². The van der Waals surface area contributed by atoms with E-state index >= 15 is 0 Å². The summed E-state index contributed by atoms with van der Waals surface area (Å²) in [5, 5.41) is 5.34. The van der Waals surface area contributed by atoms with Crippen LogP contribution in [0.2, 0.25) is 0 Å². The highest BCUT2D eigenvalue weighted by Crippen LogP contribution is 2.30. The smallest absolute Gasteiger partial charge is 0.231 e. The maximum Gasteiger partial charge on any atom is 0.231 e. The zero-order valence-electron chi connectivity index (χ0n) is 13.9. The fourth-order valence-corrected chi connectivity index (χ4v) is 4.38. The third kappa shape index (κ3) is 3.42. The number of thiazole rings is 1. The van der Waals surface area contributed by atoms with Crippen molar-refractivity contribution in [3.05, 3.63) is 29.9 Å². The first-order valence-corrected chi connectivity index (χ1v) is 9.55. The Bertz CT molecular complexity index is 770. The monoisotopic (exact) mass is 356 g/mol. The van der Waals surface area contributed by atoms with Gasteiger partial charge in [0.25, 0.3) is 0 Å². The van der Waals surface area contributed by atoms with Crippen LogP contribution in [0.1, 0.15) is 32.1 Å². The van der Waals surface area contributed by atoms with Gasteiger partial charge in [-0.05, 0) is 25.0 Å². The average molecular weight is 356 g/mol. The summed E-state index contributed by atoms with van der Waals surface area (Å²) in [7, 11) is 0. The maximum absolute atomic E-state index is 12.5. The number of hydrogen-bond acceptors (Lipinski definition) is 5. The molecule has 1 N–H and O–H groups in total. The molecule has 0 radical (unpaired) electrons. The van der Waals surface area contributed by atoms with Crippen LogP contribution in [0.15, 0.2) is 29.9 Å². The molecule has 6 nitrogen and oxygen atoms in total. The molecule has 0 spiro atoms. The summed E-state index contributed by atoms with van der Waals surface area (Å²) in [5.74, 6) is -0.276. The van der Waals surface area contributed by atoms with Crippen LogP contribution in [0.25, 0.3) is 11.3 Å². The Morgan fingerprint density at radius 2 is 2.16 bits per heavy atom. The lowest BCUT2D eigenvalue weighted by molar-refractivity contribution is -0.129. The first kappa shape index (κ1) is 16.2. The van der Waals surface area contributed by atoms with E-state index < -0.39 is 0 Å². The van der Waals surface area contributed by atoms with E-state index in [0.29, 0.717) is 24.1 Å². The topological polar surface area (TPSA) is 75.2 Å². The molecule has 4 rings (SSSR count). The Morgan fingerprint density at radius 3 is 2.92 bits per heavy atom. The quantitative estimate of drug-likeness (QED) is 0.914. The van der Waals surface area contributed by atoms with Crippen LogP contribution in [0, 0.1) is 5.92 Å². The molecule has 2 aromatic heterocycles. The number of carbonyl (C=O) groups excluding carboxylic acids is 2. The third-order valence-electron chi connectivity index (χ3n) is 4.99. The van der Waals surface area contributed by atoms with Gasteiger partial charge >= 0.3 is 0 Å². The van der Waals surface area contributed by atoms with Crippen molar-refractivity contribution in [1.82, 2.24) is 14.9 Å². The summed E-state index contributed by atoms with van der Waals surface area (Å²) in [6.07, 6.45) is 8.27. The Morgan fingerprint density at radius 1 is 1.32 bits per heavy atom. The van der Waals surface area contributed by atoms with Gasteiger partial charge in [-0.2, -0.15) is 0 Å². The largest absolute Gasteiger partial charge is 0.339 e. The van der Waals surface area contributed by atoms with Gasteiger partial charge in [-0.25, -0.2) is 4.98 Å². The van der Waals surface area contributed by atoms with Crippen LogP contribution in [0.3, 0.4) is 0 Å². The van der Waals surface area contributed by atoms with Crippen LogP contribution >= 0.6 is 11.3 Å². The van der Waals surface area contributed by atoms with Crippen molar-refractivity contribution in [2.24, 2.45) is 5.92 Å². The third-order valence-corrected chi connectivity index (χ3v) is 5.74. The normalized spacial score (nSPS) is 21.0. The molecule has 2 amide bonds. The maximum atomic E-state index is 12.5. The van der Waals surface area contributed by atoms with Gasteiger partial charge < -0.3 is 10.2 Å². The summed E-state index contributed by atoms with van der Waals surface area (Å²) in [6.45, 7) is 0.538. The Kier molecular flexibility index (Phi) is 4.48. The van der Waals surface area contributed by atoms with Gasteiger partial charge in [-0.1, -0.05) is 12.8 Å². The fraction of sp³-hybridized carbons (Fsp3) is 0.444. The van der Waals surface area contributed by atoms with E-state index in [-0.39, 0.29) is 17.7 Å². The van der Waals surface area contributed by atoms with Gasteiger partial charge in [0, 0.05) is 42.3 Å². The highest BCUT2D eigenvalue weighted by molar-refractivity contribution is 7.14. The molecule has 7 heteroatoms. The summed E-state index contributed by atoms with van der Waals surface area (Å²) >= 11 is 1.39. The molecule has 1 saturated heterocycles. The predicted octanol–water partition coefficient (Wildman–Crippen LogP) is 2.93. The zero-order chi connectivity index (χ0) is 17.2. The second-order valence-electron chi connectivity index (χ2n) is 6.65. The number of hydrogen-bond donors (Lipinski definition) is 1. The van der Waals surface area contributed by atoms with Crippen LogP contribution < -0.4 is 5.32 Å². The van der Waals surface area contributed by atoms with Gasteiger partial charge in [0.2, 0.25) is 11.8 Å². The van der Waals surface area contributed by atoms with Crippen molar-refractivity contribution in [2.45, 2.75) is 38.1 Å². The van der Waals surface area contributed by atoms with E-state index in [1.54, 1.807) is 12.4 Å². The fourth-order valence-electron chi connectivity index (χ4n) is 3.66. The predicted molar refractivity (Wildman–Crippen MR) is 96.1 cm³/mol. The molecule has 2 aromatic rings.